The van der Waals surface area contributed by atoms with Crippen molar-refractivity contribution in [3.8, 4) is 0 Å². The Hall–Kier alpha value is -1.40. The summed E-state index contributed by atoms with van der Waals surface area (Å²) in [7, 11) is -4.56. The summed E-state index contributed by atoms with van der Waals surface area (Å²) >= 11 is 0. The SMILES string of the molecule is CC(C)(C)[Si](C)(C)OCC(=O)[C@H](O[Si](C)(C)C(C)(C)C)[C@@H](O)c1ccc([N+](=O)[O-])cc1. The minimum atomic E-state index is -2.40. The lowest BCUT2D eigenvalue weighted by Gasteiger charge is -2.40. The van der Waals surface area contributed by atoms with E-state index in [2.05, 4.69) is 54.6 Å². The zero-order valence-electron chi connectivity index (χ0n) is 20.6. The standard InChI is InChI=1S/C22H39NO6Si2/c1-21(2,3)30(7,8)28-15-18(24)20(29-31(9,10)22(4,5)6)19(25)16-11-13-17(14-12-16)23(26)27/h11-14,19-20,25H,15H2,1-10H3/t19-,20-/m0/s1. The van der Waals surface area contributed by atoms with E-state index in [0.29, 0.717) is 5.56 Å². The molecule has 0 amide bonds. The molecular weight excluding hydrogens is 430 g/mol. The molecule has 0 aliphatic rings. The minimum absolute atomic E-state index is 0.0555. The van der Waals surface area contributed by atoms with E-state index in [1.807, 2.05) is 13.1 Å². The van der Waals surface area contributed by atoms with Crippen LogP contribution in [0.3, 0.4) is 0 Å². The number of rotatable bonds is 9. The van der Waals surface area contributed by atoms with Crippen molar-refractivity contribution in [3.05, 3.63) is 39.9 Å². The second kappa shape index (κ2) is 9.62. The third kappa shape index (κ3) is 7.05. The molecule has 9 heteroatoms. The lowest BCUT2D eigenvalue weighted by molar-refractivity contribution is -0.384. The fourth-order valence-electron chi connectivity index (χ4n) is 2.32. The van der Waals surface area contributed by atoms with Crippen molar-refractivity contribution >= 4 is 28.1 Å². The predicted molar refractivity (Wildman–Crippen MR) is 128 cm³/mol. The van der Waals surface area contributed by atoms with Crippen LogP contribution in [-0.2, 0) is 13.6 Å². The Morgan fingerprint density at radius 1 is 1.00 bits per heavy atom. The highest BCUT2D eigenvalue weighted by atomic mass is 28.4. The van der Waals surface area contributed by atoms with Crippen LogP contribution in [0.4, 0.5) is 5.69 Å². The molecule has 1 aromatic carbocycles. The van der Waals surface area contributed by atoms with Gasteiger partial charge in [-0.3, -0.25) is 14.9 Å². The van der Waals surface area contributed by atoms with Gasteiger partial charge in [0.15, 0.2) is 22.4 Å². The van der Waals surface area contributed by atoms with Crippen LogP contribution >= 0.6 is 0 Å². The summed E-state index contributed by atoms with van der Waals surface area (Å²) in [6, 6.07) is 5.57. The van der Waals surface area contributed by atoms with Crippen LogP contribution in [0.2, 0.25) is 36.3 Å². The Bertz CT molecular complexity index is 779. The molecule has 176 valence electrons. The zero-order valence-corrected chi connectivity index (χ0v) is 22.6. The molecule has 0 spiro atoms. The first kappa shape index (κ1) is 27.6. The Balaban J connectivity index is 3.21. The van der Waals surface area contributed by atoms with Gasteiger partial charge in [0.1, 0.15) is 12.2 Å². The average molecular weight is 470 g/mol. The molecule has 2 atom stereocenters. The van der Waals surface area contributed by atoms with Gasteiger partial charge in [0.2, 0.25) is 0 Å². The van der Waals surface area contributed by atoms with Crippen molar-refractivity contribution in [2.75, 3.05) is 6.61 Å². The van der Waals surface area contributed by atoms with E-state index in [1.54, 1.807) is 0 Å². The van der Waals surface area contributed by atoms with Crippen molar-refractivity contribution in [1.82, 2.24) is 0 Å². The van der Waals surface area contributed by atoms with Crippen molar-refractivity contribution in [2.24, 2.45) is 0 Å². The maximum atomic E-state index is 13.2. The van der Waals surface area contributed by atoms with Gasteiger partial charge in [-0.25, -0.2) is 0 Å². The molecule has 0 aromatic heterocycles. The number of benzene rings is 1. The molecule has 0 aliphatic carbocycles. The molecule has 0 radical (unpaired) electrons. The van der Waals surface area contributed by atoms with Gasteiger partial charge in [-0.15, -0.1) is 0 Å². The topological polar surface area (TPSA) is 98.9 Å². The van der Waals surface area contributed by atoms with Gasteiger partial charge < -0.3 is 14.0 Å². The highest BCUT2D eigenvalue weighted by molar-refractivity contribution is 6.74. The number of carbonyl (C=O) groups excluding carboxylic acids is 1. The average Bonchev–Trinajstić information content (AvgIpc) is 2.62. The molecule has 0 aliphatic heterocycles. The third-order valence-electron chi connectivity index (χ3n) is 6.66. The van der Waals surface area contributed by atoms with Crippen LogP contribution in [-0.4, -0.2) is 45.2 Å². The maximum Gasteiger partial charge on any atom is 0.269 e. The Kier molecular flexibility index (Phi) is 8.57. The van der Waals surface area contributed by atoms with Crippen LogP contribution in [0.15, 0.2) is 24.3 Å². The van der Waals surface area contributed by atoms with Gasteiger partial charge >= 0.3 is 0 Å². The molecule has 7 nitrogen and oxygen atoms in total. The predicted octanol–water partition coefficient (Wildman–Crippen LogP) is 5.61. The highest BCUT2D eigenvalue weighted by Crippen LogP contribution is 2.40. The summed E-state index contributed by atoms with van der Waals surface area (Å²) in [5.74, 6) is -0.319. The van der Waals surface area contributed by atoms with Gasteiger partial charge in [0.05, 0.1) is 11.5 Å². The number of aliphatic hydroxyl groups excluding tert-OH is 1. The normalized spacial score (nSPS) is 15.5. The summed E-state index contributed by atoms with van der Waals surface area (Å²) in [6.45, 7) is 20.5. The molecule has 0 fully saturated rings. The van der Waals surface area contributed by atoms with Gasteiger partial charge in [-0.05, 0) is 54.0 Å². The summed E-state index contributed by atoms with van der Waals surface area (Å²) in [5.41, 5.74) is 0.320. The summed E-state index contributed by atoms with van der Waals surface area (Å²) in [6.07, 6.45) is -2.35. The quantitative estimate of drug-likeness (QED) is 0.287. The monoisotopic (exact) mass is 469 g/mol. The fraction of sp³-hybridized carbons (Fsp3) is 0.682. The van der Waals surface area contributed by atoms with E-state index in [4.69, 9.17) is 8.85 Å². The number of carbonyl (C=O) groups is 1. The number of aliphatic hydroxyl groups is 1. The minimum Gasteiger partial charge on any atom is -0.409 e. The van der Waals surface area contributed by atoms with Gasteiger partial charge in [0, 0.05) is 12.1 Å². The first-order chi connectivity index (χ1) is 13.8. The number of nitro benzene ring substituents is 1. The van der Waals surface area contributed by atoms with Crippen LogP contribution in [0.5, 0.6) is 0 Å². The number of ketones is 1. The number of hydrogen-bond acceptors (Lipinski definition) is 6. The number of hydrogen-bond donors (Lipinski definition) is 1. The fourth-order valence-corrected chi connectivity index (χ4v) is 4.50. The Labute approximate surface area is 188 Å². The van der Waals surface area contributed by atoms with Gasteiger partial charge in [0.25, 0.3) is 5.69 Å². The van der Waals surface area contributed by atoms with Crippen LogP contribution in [0.25, 0.3) is 0 Å². The molecule has 0 saturated carbocycles. The third-order valence-corrected chi connectivity index (χ3v) is 15.6. The second-order valence-corrected chi connectivity index (χ2v) is 20.7. The van der Waals surface area contributed by atoms with Crippen LogP contribution < -0.4 is 0 Å². The van der Waals surface area contributed by atoms with Crippen molar-refractivity contribution in [3.63, 3.8) is 0 Å². The lowest BCUT2D eigenvalue weighted by atomic mass is 10.0. The largest absolute Gasteiger partial charge is 0.409 e. The van der Waals surface area contributed by atoms with E-state index < -0.39 is 33.8 Å². The molecule has 1 N–H and O–H groups in total. The maximum absolute atomic E-state index is 13.2. The highest BCUT2D eigenvalue weighted by Gasteiger charge is 2.44. The number of non-ortho nitro benzene ring substituents is 1. The van der Waals surface area contributed by atoms with Gasteiger partial charge in [-0.1, -0.05) is 41.5 Å². The summed E-state index contributed by atoms with van der Waals surface area (Å²) in [4.78, 5) is 23.7. The molecule has 0 unspecified atom stereocenters. The van der Waals surface area contributed by atoms with E-state index in [-0.39, 0.29) is 28.2 Å². The van der Waals surface area contributed by atoms with Gasteiger partial charge in [-0.2, -0.15) is 0 Å². The molecule has 1 rings (SSSR count). The molecule has 0 bridgehead atoms. The Morgan fingerprint density at radius 2 is 1.45 bits per heavy atom. The molecule has 0 heterocycles. The van der Waals surface area contributed by atoms with E-state index in [1.165, 1.54) is 24.3 Å². The zero-order chi connectivity index (χ0) is 24.4. The number of nitro groups is 1. The van der Waals surface area contributed by atoms with Crippen LogP contribution in [0.1, 0.15) is 53.2 Å². The summed E-state index contributed by atoms with van der Waals surface area (Å²) in [5, 5.41) is 21.8. The van der Waals surface area contributed by atoms with Crippen LogP contribution in [0, 0.1) is 10.1 Å². The number of nitrogens with zero attached hydrogens (tertiary/aromatic N) is 1. The Morgan fingerprint density at radius 3 is 1.84 bits per heavy atom. The van der Waals surface area contributed by atoms with E-state index in [9.17, 15) is 20.0 Å². The summed E-state index contributed by atoms with van der Waals surface area (Å²) < 4.78 is 12.4. The van der Waals surface area contributed by atoms with Crippen molar-refractivity contribution in [1.29, 1.82) is 0 Å². The van der Waals surface area contributed by atoms with Crippen molar-refractivity contribution < 1.29 is 23.7 Å². The lowest BCUT2D eigenvalue weighted by Crippen LogP contribution is -2.50. The molecule has 1 aromatic rings. The molecule has 31 heavy (non-hydrogen) atoms. The van der Waals surface area contributed by atoms with Crippen molar-refractivity contribution in [2.45, 2.75) is 90.0 Å². The first-order valence-corrected chi connectivity index (χ1v) is 16.4. The molecule has 0 saturated heterocycles. The number of Topliss-reactive ketones (excluding diaryl/α,β-unsaturated/α-hetero) is 1. The van der Waals surface area contributed by atoms with E-state index >= 15 is 0 Å². The smallest absolute Gasteiger partial charge is 0.269 e. The second-order valence-electron chi connectivity index (χ2n) is 11.1. The first-order valence-electron chi connectivity index (χ1n) is 10.6. The van der Waals surface area contributed by atoms with E-state index in [0.717, 1.165) is 0 Å². The molecular formula is C22H39NO6Si2.